The van der Waals surface area contributed by atoms with E-state index in [9.17, 15) is 33.6 Å². The Balaban J connectivity index is 0.871. The van der Waals surface area contributed by atoms with Crippen molar-refractivity contribution in [2.24, 2.45) is 15.7 Å². The Morgan fingerprint density at radius 3 is 2.15 bits per heavy atom. The van der Waals surface area contributed by atoms with Crippen molar-refractivity contribution in [3.05, 3.63) is 82.8 Å². The standard InChI is InChI=1S/C38H38N10O7/c39-18-22(19-40-13-4-15-41-26-8-1-6-24-31(26)37(54)47(35(24)52)28-10-3-14-43-33(28)50)23-20-44-46(21-23)17-5-16-42-27-9-2-7-25-32(27)38(55)48(36(25)53)29-11-12-30(49)45-34(29)51/h1-2,6-9,14,18-21,28-29,41-42H,3-5,10-13,15-17,39H2,(H,45,49,51)/b22-18+,40-19?. The second-order valence-corrected chi connectivity index (χ2v) is 13.3. The summed E-state index contributed by atoms with van der Waals surface area (Å²) in [4.78, 5) is 99.4. The van der Waals surface area contributed by atoms with Gasteiger partial charge in [-0.25, -0.2) is 4.99 Å². The third kappa shape index (κ3) is 7.15. The SMILES string of the molecule is N/C=C(\C=NCCCNc1cccc2c1C(=O)N(C1CCC=NC1=O)C2=O)c1cnn(CCCNc2cccc3c2C(=O)N(C2CCC(=O)NC2=O)C3=O)c1. The van der Waals surface area contributed by atoms with Crippen molar-refractivity contribution in [2.75, 3.05) is 30.3 Å². The van der Waals surface area contributed by atoms with Crippen LogP contribution in [0.5, 0.6) is 0 Å². The number of carbonyl (C=O) groups is 7. The highest BCUT2D eigenvalue weighted by Gasteiger charge is 2.46. The van der Waals surface area contributed by atoms with Crippen molar-refractivity contribution in [3.8, 4) is 0 Å². The molecule has 2 unspecified atom stereocenters. The lowest BCUT2D eigenvalue weighted by Crippen LogP contribution is -2.54. The number of nitrogens with two attached hydrogens (primary N) is 1. The molecule has 5 heterocycles. The zero-order chi connectivity index (χ0) is 38.6. The second kappa shape index (κ2) is 15.7. The van der Waals surface area contributed by atoms with Crippen molar-refractivity contribution in [3.63, 3.8) is 0 Å². The Labute approximate surface area is 314 Å². The van der Waals surface area contributed by atoms with Gasteiger partial charge in [-0.1, -0.05) is 12.1 Å². The van der Waals surface area contributed by atoms with Gasteiger partial charge in [0, 0.05) is 79.9 Å². The lowest BCUT2D eigenvalue weighted by molar-refractivity contribution is -0.136. The first-order valence-electron chi connectivity index (χ1n) is 18.0. The number of hydrogen-bond donors (Lipinski definition) is 4. The first-order valence-corrected chi connectivity index (χ1v) is 18.0. The van der Waals surface area contributed by atoms with Gasteiger partial charge < -0.3 is 16.4 Å². The maximum Gasteiger partial charge on any atom is 0.268 e. The number of benzene rings is 2. The minimum atomic E-state index is -1.03. The number of imide groups is 3. The van der Waals surface area contributed by atoms with E-state index in [1.54, 1.807) is 53.5 Å². The topological polar surface area (TPSA) is 231 Å². The summed E-state index contributed by atoms with van der Waals surface area (Å²) in [5.41, 5.74) is 9.29. The van der Waals surface area contributed by atoms with Crippen LogP contribution in [0.2, 0.25) is 0 Å². The molecule has 17 nitrogen and oxygen atoms in total. The third-order valence-electron chi connectivity index (χ3n) is 9.83. The summed E-state index contributed by atoms with van der Waals surface area (Å²) in [7, 11) is 0. The highest BCUT2D eigenvalue weighted by Crippen LogP contribution is 2.34. The Morgan fingerprint density at radius 2 is 1.51 bits per heavy atom. The van der Waals surface area contributed by atoms with Crippen molar-refractivity contribution < 1.29 is 33.6 Å². The lowest BCUT2D eigenvalue weighted by Gasteiger charge is -2.27. The predicted octanol–water partition coefficient (Wildman–Crippen LogP) is 2.01. The van der Waals surface area contributed by atoms with E-state index in [2.05, 4.69) is 31.0 Å². The average molecular weight is 747 g/mol. The molecule has 7 amide bonds. The Kier molecular flexibility index (Phi) is 10.4. The molecule has 3 aromatic rings. The van der Waals surface area contributed by atoms with Crippen LogP contribution in [0.1, 0.15) is 85.5 Å². The molecule has 2 aromatic carbocycles. The molecule has 17 heteroatoms. The van der Waals surface area contributed by atoms with Gasteiger partial charge in [-0.3, -0.25) is 58.4 Å². The Morgan fingerprint density at radius 1 is 0.855 bits per heavy atom. The smallest absolute Gasteiger partial charge is 0.268 e. The highest BCUT2D eigenvalue weighted by molar-refractivity contribution is 6.26. The number of aromatic nitrogens is 2. The van der Waals surface area contributed by atoms with Crippen LogP contribution in [0.25, 0.3) is 5.57 Å². The first kappa shape index (κ1) is 36.6. The minimum absolute atomic E-state index is 0.0491. The number of fused-ring (bicyclic) bond motifs is 2. The number of piperidine rings is 1. The first-order chi connectivity index (χ1) is 26.7. The van der Waals surface area contributed by atoms with Crippen molar-refractivity contribution in [2.45, 2.75) is 57.2 Å². The van der Waals surface area contributed by atoms with Crippen LogP contribution in [0.4, 0.5) is 11.4 Å². The van der Waals surface area contributed by atoms with E-state index < -0.39 is 53.4 Å². The van der Waals surface area contributed by atoms with Crippen molar-refractivity contribution in [1.82, 2.24) is 24.9 Å². The summed E-state index contributed by atoms with van der Waals surface area (Å²) in [6.45, 7) is 1.93. The molecule has 0 spiro atoms. The molecule has 7 rings (SSSR count). The molecule has 0 aliphatic carbocycles. The van der Waals surface area contributed by atoms with E-state index in [1.165, 1.54) is 12.4 Å². The monoisotopic (exact) mass is 746 g/mol. The maximum absolute atomic E-state index is 13.3. The largest absolute Gasteiger partial charge is 0.404 e. The van der Waals surface area contributed by atoms with Gasteiger partial charge in [-0.2, -0.15) is 5.10 Å². The second-order valence-electron chi connectivity index (χ2n) is 13.3. The van der Waals surface area contributed by atoms with Gasteiger partial charge >= 0.3 is 0 Å². The van der Waals surface area contributed by atoms with Crippen molar-refractivity contribution in [1.29, 1.82) is 0 Å². The molecule has 4 aliphatic heterocycles. The number of nitrogens with one attached hydrogen (secondary N) is 3. The minimum Gasteiger partial charge on any atom is -0.404 e. The Hall–Kier alpha value is -6.78. The fraction of sp³-hybridized carbons (Fsp3) is 0.316. The number of amides is 7. The molecule has 0 saturated carbocycles. The molecule has 4 aliphatic rings. The van der Waals surface area contributed by atoms with Crippen molar-refractivity contribution >= 4 is 70.7 Å². The average Bonchev–Trinajstić information content (AvgIpc) is 3.83. The number of aryl methyl sites for hydroxylation is 1. The van der Waals surface area contributed by atoms with Crippen LogP contribution >= 0.6 is 0 Å². The fourth-order valence-electron chi connectivity index (χ4n) is 7.10. The van der Waals surface area contributed by atoms with Gasteiger partial charge in [0.2, 0.25) is 11.8 Å². The summed E-state index contributed by atoms with van der Waals surface area (Å²) in [5.74, 6) is -3.69. The summed E-state index contributed by atoms with van der Waals surface area (Å²) < 4.78 is 1.76. The van der Waals surface area contributed by atoms with Gasteiger partial charge in [0.25, 0.3) is 29.5 Å². The summed E-state index contributed by atoms with van der Waals surface area (Å²) in [5, 5.41) is 13.1. The molecular weight excluding hydrogens is 708 g/mol. The lowest BCUT2D eigenvalue weighted by atomic mass is 10.0. The van der Waals surface area contributed by atoms with Crippen LogP contribution in [0.15, 0.2) is 65.0 Å². The van der Waals surface area contributed by atoms with E-state index in [-0.39, 0.29) is 35.1 Å². The van der Waals surface area contributed by atoms with Crippen LogP contribution in [0.3, 0.4) is 0 Å². The van der Waals surface area contributed by atoms with E-state index in [1.807, 2.05) is 6.20 Å². The summed E-state index contributed by atoms with van der Waals surface area (Å²) in [6.07, 6.45) is 10.4. The number of anilines is 2. The van der Waals surface area contributed by atoms with Gasteiger partial charge in [-0.15, -0.1) is 0 Å². The number of aliphatic imine (C=N–C) groups is 2. The van der Waals surface area contributed by atoms with Gasteiger partial charge in [-0.05, 0) is 56.4 Å². The van der Waals surface area contributed by atoms with E-state index >= 15 is 0 Å². The zero-order valence-electron chi connectivity index (χ0n) is 29.7. The van der Waals surface area contributed by atoms with Crippen LogP contribution in [-0.2, 0) is 20.9 Å². The highest BCUT2D eigenvalue weighted by atomic mass is 16.2. The molecule has 55 heavy (non-hydrogen) atoms. The molecule has 1 saturated heterocycles. The van der Waals surface area contributed by atoms with Crippen LogP contribution in [-0.4, -0.2) is 105 Å². The molecule has 2 atom stereocenters. The number of carbonyl (C=O) groups excluding carboxylic acids is 7. The molecule has 282 valence electrons. The fourth-order valence-corrected chi connectivity index (χ4v) is 7.10. The Bertz CT molecular complexity index is 2210. The maximum atomic E-state index is 13.3. The molecule has 1 fully saturated rings. The number of rotatable bonds is 14. The molecule has 0 radical (unpaired) electrons. The number of hydrogen-bond acceptors (Lipinski definition) is 12. The normalized spacial score (nSPS) is 19.8. The van der Waals surface area contributed by atoms with E-state index in [4.69, 9.17) is 5.73 Å². The molecular formula is C38H38N10O7. The third-order valence-corrected chi connectivity index (χ3v) is 9.83. The summed E-state index contributed by atoms with van der Waals surface area (Å²) in [6, 6.07) is 8.03. The quantitative estimate of drug-likeness (QED) is 0.106. The molecule has 5 N–H and O–H groups in total. The zero-order valence-corrected chi connectivity index (χ0v) is 29.7. The van der Waals surface area contributed by atoms with E-state index in [0.29, 0.717) is 68.8 Å². The predicted molar refractivity (Wildman–Crippen MR) is 201 cm³/mol. The van der Waals surface area contributed by atoms with Crippen LogP contribution in [0, 0.1) is 0 Å². The summed E-state index contributed by atoms with van der Waals surface area (Å²) >= 11 is 0. The van der Waals surface area contributed by atoms with Gasteiger partial charge in [0.1, 0.15) is 12.1 Å². The van der Waals surface area contributed by atoms with Gasteiger partial charge in [0.05, 0.1) is 28.5 Å². The molecule has 0 bridgehead atoms. The number of allylic oxidation sites excluding steroid dienone is 1. The van der Waals surface area contributed by atoms with Gasteiger partial charge in [0.15, 0.2) is 0 Å². The molecule has 1 aromatic heterocycles. The van der Waals surface area contributed by atoms with E-state index in [0.717, 1.165) is 15.4 Å². The van der Waals surface area contributed by atoms with Crippen LogP contribution < -0.4 is 21.7 Å². The number of nitrogens with zero attached hydrogens (tertiary/aromatic N) is 6.